The first-order chi connectivity index (χ1) is 11.6. The molecule has 2 heterocycles. The predicted molar refractivity (Wildman–Crippen MR) is 101 cm³/mol. The van der Waals surface area contributed by atoms with Crippen molar-refractivity contribution in [3.8, 4) is 0 Å². The van der Waals surface area contributed by atoms with E-state index in [9.17, 15) is 0 Å². The molecule has 0 amide bonds. The van der Waals surface area contributed by atoms with E-state index in [1.165, 1.54) is 24.3 Å². The number of aromatic nitrogens is 1. The van der Waals surface area contributed by atoms with Crippen LogP contribution in [0.5, 0.6) is 0 Å². The van der Waals surface area contributed by atoms with Gasteiger partial charge in [0.25, 0.3) is 0 Å². The molecular weight excluding hydrogens is 322 g/mol. The molecule has 1 aliphatic rings. The maximum atomic E-state index is 5.21. The van der Waals surface area contributed by atoms with E-state index < -0.39 is 0 Å². The average molecular weight is 354 g/mol. The van der Waals surface area contributed by atoms with Crippen LogP contribution in [0.25, 0.3) is 0 Å². The van der Waals surface area contributed by atoms with Crippen LogP contribution in [0, 0.1) is 13.8 Å². The van der Waals surface area contributed by atoms with Gasteiger partial charge in [0.1, 0.15) is 0 Å². The molecule has 24 heavy (non-hydrogen) atoms. The van der Waals surface area contributed by atoms with E-state index >= 15 is 0 Å². The quantitative estimate of drug-likeness (QED) is 0.552. The molecule has 0 radical (unpaired) electrons. The molecule has 0 aliphatic carbocycles. The second-order valence-electron chi connectivity index (χ2n) is 6.14. The molecule has 6 nitrogen and oxygen atoms in total. The summed E-state index contributed by atoms with van der Waals surface area (Å²) < 4.78 is 5.21. The maximum absolute atomic E-state index is 5.21. The highest BCUT2D eigenvalue weighted by Crippen LogP contribution is 2.18. The van der Waals surface area contributed by atoms with Crippen LogP contribution in [0.3, 0.4) is 0 Å². The summed E-state index contributed by atoms with van der Waals surface area (Å²) in [5.74, 6) is 0.890. The lowest BCUT2D eigenvalue weighted by Crippen LogP contribution is -2.45. The lowest BCUT2D eigenvalue weighted by atomic mass is 10.2. The summed E-state index contributed by atoms with van der Waals surface area (Å²) in [7, 11) is 1.77. The van der Waals surface area contributed by atoms with Crippen molar-refractivity contribution in [2.75, 3.05) is 39.9 Å². The van der Waals surface area contributed by atoms with Crippen molar-refractivity contribution < 1.29 is 4.74 Å². The SMILES string of the molecule is CCNC(=NCc1sc(C)nc1C)NCC1CCCN1CCOC. The van der Waals surface area contributed by atoms with E-state index in [2.05, 4.69) is 34.4 Å². The topological polar surface area (TPSA) is 61.8 Å². The van der Waals surface area contributed by atoms with Gasteiger partial charge < -0.3 is 15.4 Å². The summed E-state index contributed by atoms with van der Waals surface area (Å²) in [5, 5.41) is 7.95. The number of ether oxygens (including phenoxy) is 1. The Hall–Kier alpha value is -1.18. The fourth-order valence-corrected chi connectivity index (χ4v) is 3.92. The number of likely N-dealkylation sites (tertiary alicyclic amines) is 1. The van der Waals surface area contributed by atoms with Gasteiger partial charge in [-0.15, -0.1) is 11.3 Å². The van der Waals surface area contributed by atoms with Crippen molar-refractivity contribution in [2.45, 2.75) is 46.2 Å². The van der Waals surface area contributed by atoms with Gasteiger partial charge in [0.05, 0.1) is 23.9 Å². The van der Waals surface area contributed by atoms with Gasteiger partial charge in [-0.2, -0.15) is 0 Å². The minimum absolute atomic E-state index is 0.566. The Morgan fingerprint density at radius 3 is 2.92 bits per heavy atom. The number of nitrogens with one attached hydrogen (secondary N) is 2. The molecule has 2 N–H and O–H groups in total. The van der Waals surface area contributed by atoms with E-state index in [1.54, 1.807) is 18.4 Å². The Morgan fingerprint density at radius 1 is 1.42 bits per heavy atom. The van der Waals surface area contributed by atoms with Gasteiger partial charge in [-0.1, -0.05) is 0 Å². The summed E-state index contributed by atoms with van der Waals surface area (Å²) in [5.41, 5.74) is 1.10. The molecule has 1 saturated heterocycles. The zero-order valence-electron chi connectivity index (χ0n) is 15.4. The van der Waals surface area contributed by atoms with Crippen molar-refractivity contribution in [1.82, 2.24) is 20.5 Å². The van der Waals surface area contributed by atoms with Crippen molar-refractivity contribution in [3.63, 3.8) is 0 Å². The third kappa shape index (κ3) is 5.72. The van der Waals surface area contributed by atoms with Crippen LogP contribution in [0.4, 0.5) is 0 Å². The second kappa shape index (κ2) is 9.96. The normalized spacial score (nSPS) is 19.0. The Bertz CT molecular complexity index is 531. The zero-order chi connectivity index (χ0) is 17.4. The number of thiazole rings is 1. The van der Waals surface area contributed by atoms with Crippen LogP contribution >= 0.6 is 11.3 Å². The molecule has 0 saturated carbocycles. The summed E-state index contributed by atoms with van der Waals surface area (Å²) in [6.07, 6.45) is 2.51. The predicted octanol–water partition coefficient (Wildman–Crippen LogP) is 1.93. The third-order valence-corrected chi connectivity index (χ3v) is 5.37. The van der Waals surface area contributed by atoms with Crippen LogP contribution in [0.15, 0.2) is 4.99 Å². The van der Waals surface area contributed by atoms with Crippen molar-refractivity contribution >= 4 is 17.3 Å². The number of nitrogens with zero attached hydrogens (tertiary/aromatic N) is 3. The number of aryl methyl sites for hydroxylation is 2. The van der Waals surface area contributed by atoms with Gasteiger partial charge in [0.2, 0.25) is 0 Å². The third-order valence-electron chi connectivity index (χ3n) is 4.31. The first-order valence-corrected chi connectivity index (χ1v) is 9.63. The van der Waals surface area contributed by atoms with Crippen LogP contribution in [0.2, 0.25) is 0 Å². The first-order valence-electron chi connectivity index (χ1n) is 8.82. The van der Waals surface area contributed by atoms with Crippen molar-refractivity contribution in [1.29, 1.82) is 0 Å². The van der Waals surface area contributed by atoms with Crippen molar-refractivity contribution in [2.24, 2.45) is 4.99 Å². The highest BCUT2D eigenvalue weighted by Gasteiger charge is 2.23. The molecule has 0 aromatic carbocycles. The molecule has 1 aromatic rings. The monoisotopic (exact) mass is 353 g/mol. The highest BCUT2D eigenvalue weighted by atomic mass is 32.1. The van der Waals surface area contributed by atoms with Gasteiger partial charge in [-0.05, 0) is 40.2 Å². The molecule has 1 atom stereocenters. The molecule has 136 valence electrons. The molecule has 1 unspecified atom stereocenters. The summed E-state index contributed by atoms with van der Waals surface area (Å²) in [4.78, 5) is 13.0. The molecule has 2 rings (SSSR count). The standard InChI is InChI=1S/C17H31N5OS/c1-5-18-17(20-12-16-13(2)21-14(3)24-16)19-11-15-7-6-8-22(15)9-10-23-4/h15H,5-12H2,1-4H3,(H2,18,19,20). The highest BCUT2D eigenvalue weighted by molar-refractivity contribution is 7.11. The number of hydrogen-bond donors (Lipinski definition) is 2. The fourth-order valence-electron chi connectivity index (χ4n) is 3.06. The lowest BCUT2D eigenvalue weighted by molar-refractivity contribution is 0.141. The number of hydrogen-bond acceptors (Lipinski definition) is 5. The Morgan fingerprint density at radius 2 is 2.25 bits per heavy atom. The van der Waals surface area contributed by atoms with Crippen LogP contribution in [0.1, 0.15) is 35.3 Å². The lowest BCUT2D eigenvalue weighted by Gasteiger charge is -2.25. The smallest absolute Gasteiger partial charge is 0.191 e. The fraction of sp³-hybridized carbons (Fsp3) is 0.765. The van der Waals surface area contributed by atoms with Crippen LogP contribution in [-0.4, -0.2) is 61.8 Å². The number of guanidine groups is 1. The minimum Gasteiger partial charge on any atom is -0.383 e. The van der Waals surface area contributed by atoms with Gasteiger partial charge in [0.15, 0.2) is 5.96 Å². The largest absolute Gasteiger partial charge is 0.383 e. The molecule has 1 aliphatic heterocycles. The summed E-state index contributed by atoms with van der Waals surface area (Å²) in [6, 6.07) is 0.566. The Kier molecular flexibility index (Phi) is 7.94. The van der Waals surface area contributed by atoms with Gasteiger partial charge in [-0.25, -0.2) is 9.98 Å². The molecule has 0 bridgehead atoms. The van der Waals surface area contributed by atoms with E-state index in [-0.39, 0.29) is 0 Å². The van der Waals surface area contributed by atoms with Crippen molar-refractivity contribution in [3.05, 3.63) is 15.6 Å². The van der Waals surface area contributed by atoms with Crippen LogP contribution < -0.4 is 10.6 Å². The van der Waals surface area contributed by atoms with E-state index in [4.69, 9.17) is 9.73 Å². The number of aliphatic imine (C=N–C) groups is 1. The van der Waals surface area contributed by atoms with Gasteiger partial charge >= 0.3 is 0 Å². The van der Waals surface area contributed by atoms with E-state index in [0.29, 0.717) is 12.6 Å². The van der Waals surface area contributed by atoms with E-state index in [0.717, 1.165) is 42.9 Å². The Labute approximate surface area is 149 Å². The maximum Gasteiger partial charge on any atom is 0.191 e. The average Bonchev–Trinajstić information content (AvgIpc) is 3.13. The summed E-state index contributed by atoms with van der Waals surface area (Å²) in [6.45, 7) is 11.7. The van der Waals surface area contributed by atoms with Crippen LogP contribution in [-0.2, 0) is 11.3 Å². The van der Waals surface area contributed by atoms with E-state index in [1.807, 2.05) is 6.92 Å². The minimum atomic E-state index is 0.566. The summed E-state index contributed by atoms with van der Waals surface area (Å²) >= 11 is 1.73. The first kappa shape index (κ1) is 19.1. The Balaban J connectivity index is 1.88. The number of methoxy groups -OCH3 is 1. The van der Waals surface area contributed by atoms with Gasteiger partial charge in [0, 0.05) is 37.7 Å². The molecule has 0 spiro atoms. The zero-order valence-corrected chi connectivity index (χ0v) is 16.2. The second-order valence-corrected chi connectivity index (χ2v) is 7.43. The molecule has 1 fully saturated rings. The van der Waals surface area contributed by atoms with Gasteiger partial charge in [-0.3, -0.25) is 4.90 Å². The number of rotatable bonds is 8. The molecule has 1 aromatic heterocycles. The molecule has 7 heteroatoms. The molecular formula is C17H31N5OS.